The maximum Gasteiger partial charge on any atom is -0.0274 e. The van der Waals surface area contributed by atoms with Gasteiger partial charge in [0, 0.05) is 0 Å². The Bertz CT molecular complexity index is 112. The van der Waals surface area contributed by atoms with Crippen molar-refractivity contribution in [2.45, 2.75) is 47.5 Å². The van der Waals surface area contributed by atoms with E-state index in [1.165, 1.54) is 18.4 Å². The molecule has 0 amide bonds. The highest BCUT2D eigenvalue weighted by Gasteiger charge is 2.09. The fourth-order valence-corrected chi connectivity index (χ4v) is 1.26. The van der Waals surface area contributed by atoms with Gasteiger partial charge < -0.3 is 0 Å². The van der Waals surface area contributed by atoms with Crippen molar-refractivity contribution in [1.29, 1.82) is 0 Å². The summed E-state index contributed by atoms with van der Waals surface area (Å²) in [7, 11) is 0. The lowest BCUT2D eigenvalue weighted by Gasteiger charge is -2.18. The van der Waals surface area contributed by atoms with Gasteiger partial charge in [0.15, 0.2) is 0 Å². The van der Waals surface area contributed by atoms with E-state index in [0.29, 0.717) is 5.41 Å². The second kappa shape index (κ2) is 3.80. The fraction of sp³-hybridized carbons (Fsp3) is 0.800. The number of allylic oxidation sites excluding steroid dienone is 2. The number of hydrogen-bond acceptors (Lipinski definition) is 0. The molecule has 0 heterocycles. The van der Waals surface area contributed by atoms with Crippen molar-refractivity contribution in [3.8, 4) is 0 Å². The Kier molecular flexibility index (Phi) is 3.70. The Hall–Kier alpha value is -0.260. The predicted molar refractivity (Wildman–Crippen MR) is 48.1 cm³/mol. The third-order valence-corrected chi connectivity index (χ3v) is 1.36. The minimum Gasteiger partial charge on any atom is -0.0859 e. The molecule has 0 saturated carbocycles. The molecular formula is C10H20. The molecule has 0 aliphatic heterocycles. The molecule has 0 bridgehead atoms. The highest BCUT2D eigenvalue weighted by molar-refractivity contribution is 4.99. The molecule has 10 heavy (non-hydrogen) atoms. The third kappa shape index (κ3) is 5.87. The zero-order valence-corrected chi connectivity index (χ0v) is 7.99. The van der Waals surface area contributed by atoms with E-state index in [9.17, 15) is 0 Å². The van der Waals surface area contributed by atoms with Gasteiger partial charge in [-0.25, -0.2) is 0 Å². The van der Waals surface area contributed by atoms with Crippen LogP contribution >= 0.6 is 0 Å². The molecule has 0 radical (unpaired) electrons. The Morgan fingerprint density at radius 3 is 2.10 bits per heavy atom. The van der Waals surface area contributed by atoms with Crippen molar-refractivity contribution in [1.82, 2.24) is 0 Å². The highest BCUT2D eigenvalue weighted by Crippen LogP contribution is 2.23. The molecular weight excluding hydrogens is 120 g/mol. The Labute approximate surface area is 65.3 Å². The minimum absolute atomic E-state index is 0.454. The summed E-state index contributed by atoms with van der Waals surface area (Å²) in [5.74, 6) is 0. The van der Waals surface area contributed by atoms with Gasteiger partial charge in [0.1, 0.15) is 0 Å². The molecule has 0 aliphatic rings. The van der Waals surface area contributed by atoms with Gasteiger partial charge in [-0.05, 0) is 25.2 Å². The first-order valence-corrected chi connectivity index (χ1v) is 4.11. The molecule has 0 spiro atoms. The van der Waals surface area contributed by atoms with Crippen LogP contribution in [0.25, 0.3) is 0 Å². The van der Waals surface area contributed by atoms with Crippen LogP contribution in [0.1, 0.15) is 47.5 Å². The fourth-order valence-electron chi connectivity index (χ4n) is 1.26. The molecule has 0 rings (SSSR count). The van der Waals surface area contributed by atoms with Crippen molar-refractivity contribution in [3.05, 3.63) is 11.6 Å². The zero-order valence-electron chi connectivity index (χ0n) is 7.99. The van der Waals surface area contributed by atoms with Gasteiger partial charge in [-0.15, -0.1) is 0 Å². The van der Waals surface area contributed by atoms with Crippen molar-refractivity contribution < 1.29 is 0 Å². The lowest BCUT2D eigenvalue weighted by Crippen LogP contribution is -2.04. The molecule has 0 heteroatoms. The van der Waals surface area contributed by atoms with Crippen LogP contribution in [-0.4, -0.2) is 0 Å². The van der Waals surface area contributed by atoms with E-state index in [-0.39, 0.29) is 0 Å². The lowest BCUT2D eigenvalue weighted by atomic mass is 9.88. The maximum atomic E-state index is 2.31. The van der Waals surface area contributed by atoms with Gasteiger partial charge >= 0.3 is 0 Å². The molecule has 60 valence electrons. The quantitative estimate of drug-likeness (QED) is 0.512. The van der Waals surface area contributed by atoms with Crippen molar-refractivity contribution in [2.24, 2.45) is 5.41 Å². The lowest BCUT2D eigenvalue weighted by molar-refractivity contribution is 0.409. The third-order valence-electron chi connectivity index (χ3n) is 1.36. The second-order valence-corrected chi connectivity index (χ2v) is 4.20. The summed E-state index contributed by atoms with van der Waals surface area (Å²) in [5.41, 5.74) is 1.98. The van der Waals surface area contributed by atoms with E-state index in [0.717, 1.165) is 0 Å². The molecule has 0 fully saturated rings. The van der Waals surface area contributed by atoms with Gasteiger partial charge in [-0.3, -0.25) is 0 Å². The van der Waals surface area contributed by atoms with E-state index in [2.05, 4.69) is 40.7 Å². The summed E-state index contributed by atoms with van der Waals surface area (Å²) >= 11 is 0. The monoisotopic (exact) mass is 140 g/mol. The molecule has 0 atom stereocenters. The SMILES string of the molecule is CC/C=C(\C)CC(C)(C)C. The average molecular weight is 140 g/mol. The van der Waals surface area contributed by atoms with Crippen LogP contribution in [-0.2, 0) is 0 Å². The van der Waals surface area contributed by atoms with Crippen LogP contribution in [0.2, 0.25) is 0 Å². The Morgan fingerprint density at radius 2 is 1.80 bits per heavy atom. The van der Waals surface area contributed by atoms with Crippen LogP contribution in [0.4, 0.5) is 0 Å². The molecule has 0 aromatic rings. The molecule has 0 aromatic heterocycles. The van der Waals surface area contributed by atoms with Crippen LogP contribution < -0.4 is 0 Å². The van der Waals surface area contributed by atoms with Gasteiger partial charge in [0.25, 0.3) is 0 Å². The number of hydrogen-bond donors (Lipinski definition) is 0. The molecule has 0 unspecified atom stereocenters. The molecule has 0 aromatic carbocycles. The van der Waals surface area contributed by atoms with Gasteiger partial charge in [-0.2, -0.15) is 0 Å². The van der Waals surface area contributed by atoms with Crippen molar-refractivity contribution >= 4 is 0 Å². The van der Waals surface area contributed by atoms with Gasteiger partial charge in [0.05, 0.1) is 0 Å². The normalized spacial score (nSPS) is 13.9. The molecule has 0 saturated heterocycles. The van der Waals surface area contributed by atoms with E-state index in [1.54, 1.807) is 0 Å². The van der Waals surface area contributed by atoms with Gasteiger partial charge in [0.2, 0.25) is 0 Å². The largest absolute Gasteiger partial charge is 0.0859 e. The van der Waals surface area contributed by atoms with Crippen molar-refractivity contribution in [3.63, 3.8) is 0 Å². The number of rotatable bonds is 2. The summed E-state index contributed by atoms with van der Waals surface area (Å²) in [4.78, 5) is 0. The second-order valence-electron chi connectivity index (χ2n) is 4.20. The smallest absolute Gasteiger partial charge is 0.0274 e. The zero-order chi connectivity index (χ0) is 8.20. The van der Waals surface area contributed by atoms with E-state index < -0.39 is 0 Å². The standard InChI is InChI=1S/C10H20/c1-6-7-9(2)8-10(3,4)5/h7H,6,8H2,1-5H3/b9-7+. The van der Waals surface area contributed by atoms with E-state index in [1.807, 2.05) is 0 Å². The van der Waals surface area contributed by atoms with E-state index in [4.69, 9.17) is 0 Å². The Balaban J connectivity index is 3.79. The topological polar surface area (TPSA) is 0 Å². The van der Waals surface area contributed by atoms with Crippen LogP contribution in [0.5, 0.6) is 0 Å². The summed E-state index contributed by atoms with van der Waals surface area (Å²) < 4.78 is 0. The first-order valence-electron chi connectivity index (χ1n) is 4.11. The first kappa shape index (κ1) is 9.74. The molecule has 0 nitrogen and oxygen atoms in total. The van der Waals surface area contributed by atoms with Crippen LogP contribution in [0.3, 0.4) is 0 Å². The predicted octanol–water partition coefficient (Wildman–Crippen LogP) is 3.78. The van der Waals surface area contributed by atoms with E-state index >= 15 is 0 Å². The first-order chi connectivity index (χ1) is 4.45. The summed E-state index contributed by atoms with van der Waals surface area (Å²) in [6.07, 6.45) is 4.70. The highest BCUT2D eigenvalue weighted by atomic mass is 14.1. The minimum atomic E-state index is 0.454. The molecule has 0 aliphatic carbocycles. The van der Waals surface area contributed by atoms with Crippen LogP contribution in [0, 0.1) is 5.41 Å². The molecule has 0 N–H and O–H groups in total. The summed E-state index contributed by atoms with van der Waals surface area (Å²) in [6.45, 7) is 11.2. The van der Waals surface area contributed by atoms with Gasteiger partial charge in [-0.1, -0.05) is 39.3 Å². The summed E-state index contributed by atoms with van der Waals surface area (Å²) in [6, 6.07) is 0. The summed E-state index contributed by atoms with van der Waals surface area (Å²) in [5, 5.41) is 0. The average Bonchev–Trinajstić information content (AvgIpc) is 1.59. The van der Waals surface area contributed by atoms with Crippen LogP contribution in [0.15, 0.2) is 11.6 Å². The van der Waals surface area contributed by atoms with Crippen molar-refractivity contribution in [2.75, 3.05) is 0 Å². The Morgan fingerprint density at radius 1 is 1.30 bits per heavy atom. The maximum absolute atomic E-state index is 2.31.